The van der Waals surface area contributed by atoms with Crippen LogP contribution in [0, 0.1) is 5.92 Å². The Morgan fingerprint density at radius 3 is 2.76 bits per heavy atom. The number of aromatic carboxylic acids is 1. The number of pyridine rings is 1. The third-order valence-corrected chi connectivity index (χ3v) is 8.48. The van der Waals surface area contributed by atoms with Crippen LogP contribution in [-0.2, 0) is 30.9 Å². The summed E-state index contributed by atoms with van der Waals surface area (Å²) in [7, 11) is 0. The molecule has 0 radical (unpaired) electrons. The van der Waals surface area contributed by atoms with Gasteiger partial charge in [0.25, 0.3) is 0 Å². The van der Waals surface area contributed by atoms with E-state index in [1.54, 1.807) is 30.3 Å². The van der Waals surface area contributed by atoms with E-state index in [-0.39, 0.29) is 11.7 Å². The van der Waals surface area contributed by atoms with Crippen molar-refractivity contribution in [1.82, 2.24) is 19.4 Å². The molecule has 0 bridgehead atoms. The van der Waals surface area contributed by atoms with Crippen molar-refractivity contribution in [2.24, 2.45) is 5.92 Å². The Balaban J connectivity index is 1.12. The molecule has 0 amide bonds. The zero-order valence-electron chi connectivity index (χ0n) is 22.6. The summed E-state index contributed by atoms with van der Waals surface area (Å²) in [5.74, 6) is 1.06. The first-order chi connectivity index (χ1) is 19.9. The van der Waals surface area contributed by atoms with Gasteiger partial charge in [0.2, 0.25) is 5.88 Å². The van der Waals surface area contributed by atoms with Crippen LogP contribution in [0.5, 0.6) is 5.88 Å². The number of carboxylic acids is 1. The number of carbonyl (C=O) groups is 1. The highest BCUT2D eigenvalue weighted by atomic mass is 35.5. The van der Waals surface area contributed by atoms with Gasteiger partial charge < -0.3 is 19.1 Å². The van der Waals surface area contributed by atoms with E-state index in [9.17, 15) is 9.90 Å². The topological polar surface area (TPSA) is 89.7 Å². The van der Waals surface area contributed by atoms with Gasteiger partial charge in [-0.2, -0.15) is 0 Å². The summed E-state index contributed by atoms with van der Waals surface area (Å²) in [5, 5.41) is 10.7. The van der Waals surface area contributed by atoms with Crippen LogP contribution in [0.25, 0.3) is 11.0 Å². The molecule has 2 aromatic heterocycles. The molecule has 41 heavy (non-hydrogen) atoms. The van der Waals surface area contributed by atoms with Gasteiger partial charge >= 0.3 is 5.97 Å². The third-order valence-electron chi connectivity index (χ3n) is 7.89. The molecule has 2 atom stereocenters. The first-order valence-electron chi connectivity index (χ1n) is 14.0. The van der Waals surface area contributed by atoms with Crippen LogP contribution in [0.15, 0.2) is 54.6 Å². The minimum Gasteiger partial charge on any atom is -0.478 e. The number of rotatable bonds is 10. The van der Waals surface area contributed by atoms with E-state index in [1.165, 1.54) is 0 Å². The summed E-state index contributed by atoms with van der Waals surface area (Å²) in [6, 6.07) is 16.4. The number of hydrogen-bond acceptors (Lipinski definition) is 6. The van der Waals surface area contributed by atoms with Crippen molar-refractivity contribution >= 4 is 40.2 Å². The van der Waals surface area contributed by atoms with Crippen molar-refractivity contribution in [3.05, 3.63) is 87.3 Å². The van der Waals surface area contributed by atoms with Gasteiger partial charge in [0, 0.05) is 40.5 Å². The maximum absolute atomic E-state index is 11.6. The Kier molecular flexibility index (Phi) is 8.44. The van der Waals surface area contributed by atoms with Crippen molar-refractivity contribution in [3.8, 4) is 5.88 Å². The second kappa shape index (κ2) is 12.4. The minimum atomic E-state index is -0.933. The normalized spacial score (nSPS) is 19.3. The van der Waals surface area contributed by atoms with E-state index in [0.29, 0.717) is 41.5 Å². The molecule has 214 valence electrons. The lowest BCUT2D eigenvalue weighted by atomic mass is 9.93. The third kappa shape index (κ3) is 6.67. The molecule has 0 spiro atoms. The molecule has 10 heteroatoms. The lowest BCUT2D eigenvalue weighted by Crippen LogP contribution is -2.37. The predicted octanol–water partition coefficient (Wildman–Crippen LogP) is 6.26. The number of aromatic nitrogens is 3. The number of nitrogens with zero attached hydrogens (tertiary/aromatic N) is 4. The fraction of sp³-hybridized carbons (Fsp3) is 0.387. The number of halogens is 2. The maximum Gasteiger partial charge on any atom is 0.335 e. The molecule has 4 heterocycles. The van der Waals surface area contributed by atoms with Crippen LogP contribution in [0.3, 0.4) is 0 Å². The summed E-state index contributed by atoms with van der Waals surface area (Å²) in [6.45, 7) is 4.43. The molecule has 2 aliphatic rings. The highest BCUT2D eigenvalue weighted by Crippen LogP contribution is 2.27. The summed E-state index contributed by atoms with van der Waals surface area (Å²) >= 11 is 12.3. The SMILES string of the molecule is O=C(O)c1ccc2nc(CN3CCC[C@@H](Cc4cccc(OCc5ccc(Cl)cc5Cl)n4)C3)n(C[C@@H]3CCO3)c2c1. The standard InChI is InChI=1S/C31H32Cl2N4O4/c32-23-8-6-22(26(33)15-23)19-41-30-5-1-4-24(34-30)13-20-3-2-11-36(16-20)18-29-35-27-9-7-21(31(38)39)14-28(27)37(29)17-25-10-12-40-25/h1,4-9,14-15,20,25H,2-3,10-13,16-19H2,(H,38,39)/t20-,25-/m0/s1. The van der Waals surface area contributed by atoms with E-state index in [2.05, 4.69) is 15.5 Å². The van der Waals surface area contributed by atoms with Crippen molar-refractivity contribution in [1.29, 1.82) is 0 Å². The van der Waals surface area contributed by atoms with Gasteiger partial charge in [0.15, 0.2) is 0 Å². The number of imidazole rings is 1. The van der Waals surface area contributed by atoms with Crippen LogP contribution in [0.1, 0.15) is 46.7 Å². The Labute approximate surface area is 248 Å². The zero-order chi connectivity index (χ0) is 28.3. The van der Waals surface area contributed by atoms with Gasteiger partial charge in [0.1, 0.15) is 12.4 Å². The summed E-state index contributed by atoms with van der Waals surface area (Å²) in [4.78, 5) is 23.8. The highest BCUT2D eigenvalue weighted by molar-refractivity contribution is 6.35. The van der Waals surface area contributed by atoms with Gasteiger partial charge in [-0.15, -0.1) is 0 Å². The molecule has 2 aliphatic heterocycles. The second-order valence-corrected chi connectivity index (χ2v) is 11.7. The highest BCUT2D eigenvalue weighted by Gasteiger charge is 2.26. The Hall–Kier alpha value is -3.17. The minimum absolute atomic E-state index is 0.144. The first-order valence-corrected chi connectivity index (χ1v) is 14.8. The van der Waals surface area contributed by atoms with E-state index < -0.39 is 5.97 Å². The van der Waals surface area contributed by atoms with Crippen LogP contribution in [-0.4, -0.2) is 56.3 Å². The van der Waals surface area contributed by atoms with E-state index in [4.69, 9.17) is 42.6 Å². The van der Waals surface area contributed by atoms with Gasteiger partial charge in [-0.3, -0.25) is 4.90 Å². The average Bonchev–Trinajstić information content (AvgIpc) is 3.26. The number of ether oxygens (including phenoxy) is 2. The number of benzene rings is 2. The number of carboxylic acid groups (broad SMARTS) is 1. The summed E-state index contributed by atoms with van der Waals surface area (Å²) in [5.41, 5.74) is 3.81. The van der Waals surface area contributed by atoms with Crippen molar-refractivity contribution in [3.63, 3.8) is 0 Å². The monoisotopic (exact) mass is 594 g/mol. The van der Waals surface area contributed by atoms with Gasteiger partial charge in [-0.1, -0.05) is 35.3 Å². The van der Waals surface area contributed by atoms with Crippen LogP contribution >= 0.6 is 23.2 Å². The van der Waals surface area contributed by atoms with E-state index in [0.717, 1.165) is 73.5 Å². The number of fused-ring (bicyclic) bond motifs is 1. The molecule has 6 rings (SSSR count). The molecule has 8 nitrogen and oxygen atoms in total. The molecular formula is C31H32Cl2N4O4. The predicted molar refractivity (Wildman–Crippen MR) is 158 cm³/mol. The van der Waals surface area contributed by atoms with Gasteiger partial charge in [-0.25, -0.2) is 14.8 Å². The average molecular weight is 596 g/mol. The molecule has 2 saturated heterocycles. The van der Waals surface area contributed by atoms with Crippen molar-refractivity contribution in [2.45, 2.75) is 51.5 Å². The number of likely N-dealkylation sites (tertiary alicyclic amines) is 1. The fourth-order valence-electron chi connectivity index (χ4n) is 5.66. The largest absolute Gasteiger partial charge is 0.478 e. The van der Waals surface area contributed by atoms with Crippen LogP contribution in [0.4, 0.5) is 0 Å². The first kappa shape index (κ1) is 28.0. The van der Waals surface area contributed by atoms with Crippen LogP contribution < -0.4 is 4.74 Å². The number of piperidine rings is 1. The molecule has 2 fully saturated rings. The Morgan fingerprint density at radius 2 is 1.98 bits per heavy atom. The van der Waals surface area contributed by atoms with Crippen LogP contribution in [0.2, 0.25) is 10.0 Å². The lowest BCUT2D eigenvalue weighted by Gasteiger charge is -2.33. The smallest absolute Gasteiger partial charge is 0.335 e. The molecule has 1 N–H and O–H groups in total. The van der Waals surface area contributed by atoms with E-state index in [1.807, 2.05) is 18.2 Å². The Bertz CT molecular complexity index is 1550. The lowest BCUT2D eigenvalue weighted by molar-refractivity contribution is -0.0592. The molecular weight excluding hydrogens is 563 g/mol. The maximum atomic E-state index is 11.6. The fourth-order valence-corrected chi connectivity index (χ4v) is 6.12. The quantitative estimate of drug-likeness (QED) is 0.232. The molecule has 0 unspecified atom stereocenters. The molecule has 4 aromatic rings. The zero-order valence-corrected chi connectivity index (χ0v) is 24.2. The van der Waals surface area contributed by atoms with E-state index >= 15 is 0 Å². The summed E-state index contributed by atoms with van der Waals surface area (Å²) in [6.07, 6.45) is 4.25. The van der Waals surface area contributed by atoms with Gasteiger partial charge in [0.05, 0.1) is 35.8 Å². The molecule has 0 saturated carbocycles. The van der Waals surface area contributed by atoms with Crippen molar-refractivity contribution in [2.75, 3.05) is 19.7 Å². The van der Waals surface area contributed by atoms with Gasteiger partial charge in [-0.05, 0) is 74.5 Å². The van der Waals surface area contributed by atoms with Crippen molar-refractivity contribution < 1.29 is 19.4 Å². The number of hydrogen-bond donors (Lipinski definition) is 1. The molecule has 2 aromatic carbocycles. The molecule has 0 aliphatic carbocycles. The Morgan fingerprint density at radius 1 is 1.10 bits per heavy atom. The summed E-state index contributed by atoms with van der Waals surface area (Å²) < 4.78 is 13.8. The second-order valence-electron chi connectivity index (χ2n) is 10.9.